The number of ether oxygens (including phenoxy) is 1. The van der Waals surface area contributed by atoms with Gasteiger partial charge in [0.1, 0.15) is 0 Å². The van der Waals surface area contributed by atoms with Crippen LogP contribution in [0, 0.1) is 0 Å². The van der Waals surface area contributed by atoms with Crippen molar-refractivity contribution in [2.24, 2.45) is 0 Å². The van der Waals surface area contributed by atoms with Crippen LogP contribution in [0.4, 0.5) is 0 Å². The number of unbranched alkanes of at least 4 members (excludes halogenated alkanes) is 2. The number of allylic oxidation sites excluding steroid dienone is 1. The molecule has 1 rings (SSSR count). The lowest BCUT2D eigenvalue weighted by Crippen LogP contribution is -1.86. The van der Waals surface area contributed by atoms with E-state index in [2.05, 4.69) is 12.2 Å². The zero-order valence-corrected chi connectivity index (χ0v) is 9.83. The minimum Gasteiger partial charge on any atom is -0.385 e. The zero-order valence-electron chi connectivity index (χ0n) is 9.08. The van der Waals surface area contributed by atoms with E-state index < -0.39 is 0 Å². The standard InChI is InChI=1S/C13H17ClO/c1-15-11-5-3-2-4-6-12-7-9-13(14)10-8-12/h4,6-10H,2-3,5,11H2,1H3. The fourth-order valence-corrected chi connectivity index (χ4v) is 1.43. The van der Waals surface area contributed by atoms with E-state index in [1.807, 2.05) is 24.3 Å². The summed E-state index contributed by atoms with van der Waals surface area (Å²) in [6.45, 7) is 0.856. The van der Waals surface area contributed by atoms with Gasteiger partial charge < -0.3 is 4.74 Å². The van der Waals surface area contributed by atoms with Crippen LogP contribution >= 0.6 is 11.6 Å². The lowest BCUT2D eigenvalue weighted by molar-refractivity contribution is 0.193. The predicted molar refractivity (Wildman–Crippen MR) is 66.2 cm³/mol. The summed E-state index contributed by atoms with van der Waals surface area (Å²) in [6.07, 6.45) is 7.73. The van der Waals surface area contributed by atoms with E-state index in [0.29, 0.717) is 0 Å². The van der Waals surface area contributed by atoms with Gasteiger partial charge in [-0.1, -0.05) is 35.9 Å². The zero-order chi connectivity index (χ0) is 10.9. The normalized spacial score (nSPS) is 11.1. The van der Waals surface area contributed by atoms with Gasteiger partial charge in [0.25, 0.3) is 0 Å². The first-order valence-corrected chi connectivity index (χ1v) is 5.62. The number of halogens is 1. The highest BCUT2D eigenvalue weighted by Gasteiger charge is 1.88. The maximum atomic E-state index is 5.79. The van der Waals surface area contributed by atoms with Gasteiger partial charge in [0.15, 0.2) is 0 Å². The van der Waals surface area contributed by atoms with E-state index >= 15 is 0 Å². The molecule has 1 aromatic carbocycles. The number of methoxy groups -OCH3 is 1. The van der Waals surface area contributed by atoms with Crippen LogP contribution in [0.15, 0.2) is 30.3 Å². The van der Waals surface area contributed by atoms with Gasteiger partial charge in [-0.25, -0.2) is 0 Å². The third-order valence-corrected chi connectivity index (χ3v) is 2.40. The molecule has 2 heteroatoms. The largest absolute Gasteiger partial charge is 0.385 e. The third-order valence-electron chi connectivity index (χ3n) is 2.15. The molecule has 1 aromatic rings. The minimum atomic E-state index is 0.784. The first kappa shape index (κ1) is 12.3. The molecule has 1 nitrogen and oxygen atoms in total. The average molecular weight is 225 g/mol. The molecule has 82 valence electrons. The highest BCUT2D eigenvalue weighted by atomic mass is 35.5. The van der Waals surface area contributed by atoms with Crippen molar-refractivity contribution in [3.8, 4) is 0 Å². The number of rotatable bonds is 6. The van der Waals surface area contributed by atoms with Crippen molar-refractivity contribution in [3.63, 3.8) is 0 Å². The second-order valence-corrected chi connectivity index (χ2v) is 3.88. The predicted octanol–water partition coefficient (Wildman–Crippen LogP) is 4.17. The van der Waals surface area contributed by atoms with Crippen molar-refractivity contribution in [3.05, 3.63) is 40.9 Å². The van der Waals surface area contributed by atoms with Gasteiger partial charge in [0.2, 0.25) is 0 Å². The van der Waals surface area contributed by atoms with Crippen LogP contribution in [0.2, 0.25) is 5.02 Å². The summed E-state index contributed by atoms with van der Waals surface area (Å²) >= 11 is 5.79. The van der Waals surface area contributed by atoms with E-state index in [0.717, 1.165) is 24.5 Å². The highest BCUT2D eigenvalue weighted by Crippen LogP contribution is 2.11. The molecule has 0 saturated heterocycles. The van der Waals surface area contributed by atoms with Crippen LogP contribution in [0.1, 0.15) is 24.8 Å². The first-order valence-electron chi connectivity index (χ1n) is 5.24. The molecule has 0 amide bonds. The summed E-state index contributed by atoms with van der Waals surface area (Å²) in [5.41, 5.74) is 1.20. The van der Waals surface area contributed by atoms with Crippen molar-refractivity contribution >= 4 is 17.7 Å². The third kappa shape index (κ3) is 5.60. The second-order valence-electron chi connectivity index (χ2n) is 3.44. The Labute approximate surface area is 96.7 Å². The Morgan fingerprint density at radius 3 is 2.60 bits per heavy atom. The molecule has 0 saturated carbocycles. The van der Waals surface area contributed by atoms with E-state index in [4.69, 9.17) is 16.3 Å². The number of benzene rings is 1. The van der Waals surface area contributed by atoms with Gasteiger partial charge in [0.05, 0.1) is 0 Å². The molecule has 0 bridgehead atoms. The number of hydrogen-bond acceptors (Lipinski definition) is 1. The lowest BCUT2D eigenvalue weighted by Gasteiger charge is -1.96. The van der Waals surface area contributed by atoms with E-state index in [-0.39, 0.29) is 0 Å². The molecule has 0 atom stereocenters. The first-order chi connectivity index (χ1) is 7.33. The monoisotopic (exact) mass is 224 g/mol. The number of hydrogen-bond donors (Lipinski definition) is 0. The Bertz CT molecular complexity index is 290. The van der Waals surface area contributed by atoms with Crippen LogP contribution < -0.4 is 0 Å². The summed E-state index contributed by atoms with van der Waals surface area (Å²) in [5.74, 6) is 0. The topological polar surface area (TPSA) is 9.23 Å². The molecular weight excluding hydrogens is 208 g/mol. The SMILES string of the molecule is COCCCCC=Cc1ccc(Cl)cc1. The molecule has 0 fully saturated rings. The molecule has 0 heterocycles. The molecule has 0 aliphatic rings. The van der Waals surface area contributed by atoms with Crippen LogP contribution in [-0.2, 0) is 4.74 Å². The highest BCUT2D eigenvalue weighted by molar-refractivity contribution is 6.30. The summed E-state index contributed by atoms with van der Waals surface area (Å²) in [5, 5.41) is 0.784. The molecule has 0 aliphatic carbocycles. The summed E-state index contributed by atoms with van der Waals surface area (Å²) < 4.78 is 4.98. The molecule has 0 N–H and O–H groups in total. The van der Waals surface area contributed by atoms with E-state index in [1.165, 1.54) is 12.0 Å². The van der Waals surface area contributed by atoms with Gasteiger partial charge in [-0.05, 0) is 37.0 Å². The fourth-order valence-electron chi connectivity index (χ4n) is 1.30. The molecule has 0 spiro atoms. The Balaban J connectivity index is 2.23. The molecule has 0 radical (unpaired) electrons. The average Bonchev–Trinajstić information content (AvgIpc) is 2.26. The Morgan fingerprint density at radius 2 is 1.93 bits per heavy atom. The lowest BCUT2D eigenvalue weighted by atomic mass is 10.1. The molecule has 0 aliphatic heterocycles. The summed E-state index contributed by atoms with van der Waals surface area (Å²) in [6, 6.07) is 7.86. The smallest absolute Gasteiger partial charge is 0.0462 e. The Kier molecular flexibility index (Phi) is 6.14. The van der Waals surface area contributed by atoms with Crippen molar-refractivity contribution in [2.45, 2.75) is 19.3 Å². The Morgan fingerprint density at radius 1 is 1.20 bits per heavy atom. The van der Waals surface area contributed by atoms with Gasteiger partial charge in [-0.2, -0.15) is 0 Å². The molecule has 0 unspecified atom stereocenters. The van der Waals surface area contributed by atoms with Crippen LogP contribution in [0.25, 0.3) is 6.08 Å². The molecular formula is C13H17ClO. The van der Waals surface area contributed by atoms with Crippen molar-refractivity contribution in [1.29, 1.82) is 0 Å². The second kappa shape index (κ2) is 7.49. The van der Waals surface area contributed by atoms with Crippen LogP contribution in [0.5, 0.6) is 0 Å². The summed E-state index contributed by atoms with van der Waals surface area (Å²) in [4.78, 5) is 0. The van der Waals surface area contributed by atoms with Crippen LogP contribution in [0.3, 0.4) is 0 Å². The minimum absolute atomic E-state index is 0.784. The van der Waals surface area contributed by atoms with Gasteiger partial charge >= 0.3 is 0 Å². The van der Waals surface area contributed by atoms with Crippen LogP contribution in [-0.4, -0.2) is 13.7 Å². The van der Waals surface area contributed by atoms with E-state index in [9.17, 15) is 0 Å². The molecule has 15 heavy (non-hydrogen) atoms. The van der Waals surface area contributed by atoms with Crippen molar-refractivity contribution in [2.75, 3.05) is 13.7 Å². The van der Waals surface area contributed by atoms with Gasteiger partial charge in [-0.15, -0.1) is 0 Å². The van der Waals surface area contributed by atoms with E-state index in [1.54, 1.807) is 7.11 Å². The fraction of sp³-hybridized carbons (Fsp3) is 0.385. The molecule has 0 aromatic heterocycles. The maximum Gasteiger partial charge on any atom is 0.0462 e. The maximum absolute atomic E-state index is 5.79. The van der Waals surface area contributed by atoms with Crippen molar-refractivity contribution < 1.29 is 4.74 Å². The van der Waals surface area contributed by atoms with Crippen molar-refractivity contribution in [1.82, 2.24) is 0 Å². The van der Waals surface area contributed by atoms with Gasteiger partial charge in [0, 0.05) is 18.7 Å². The quantitative estimate of drug-likeness (QED) is 0.659. The van der Waals surface area contributed by atoms with Gasteiger partial charge in [-0.3, -0.25) is 0 Å². The summed E-state index contributed by atoms with van der Waals surface area (Å²) in [7, 11) is 1.74. The Hall–Kier alpha value is -0.790.